The summed E-state index contributed by atoms with van der Waals surface area (Å²) in [6.45, 7) is 0. The van der Waals surface area contributed by atoms with Crippen molar-refractivity contribution >= 4 is 61.4 Å². The maximum atomic E-state index is 13.4. The van der Waals surface area contributed by atoms with Gasteiger partial charge in [-0.3, -0.25) is 0 Å². The summed E-state index contributed by atoms with van der Waals surface area (Å²) in [6, 6.07) is 16.9. The first kappa shape index (κ1) is 21.7. The highest BCUT2D eigenvalue weighted by atomic mass is 32.2. The standard InChI is InChI=1S/C23H17N5O4S2/c1-32-23(29)15-10-8-14(9-11-15)13-25-28-21(24)20(34(30,31)18-7-4-12-33-18)19-22(28)27-17-6-3-2-5-16(17)26-19/h2-13H,24H2,1H3/b25-13-. The van der Waals surface area contributed by atoms with E-state index in [0.29, 0.717) is 22.2 Å². The summed E-state index contributed by atoms with van der Waals surface area (Å²) in [4.78, 5) is 20.7. The average Bonchev–Trinajstić information content (AvgIpc) is 3.48. The van der Waals surface area contributed by atoms with Crippen molar-refractivity contribution < 1.29 is 17.9 Å². The van der Waals surface area contributed by atoms with Crippen LogP contribution in [0.4, 0.5) is 5.82 Å². The number of nitrogens with two attached hydrogens (primary N) is 1. The molecule has 5 rings (SSSR count). The summed E-state index contributed by atoms with van der Waals surface area (Å²) >= 11 is 1.09. The van der Waals surface area contributed by atoms with Gasteiger partial charge in [0.1, 0.15) is 20.4 Å². The lowest BCUT2D eigenvalue weighted by molar-refractivity contribution is 0.0600. The quantitative estimate of drug-likeness (QED) is 0.293. The van der Waals surface area contributed by atoms with Crippen LogP contribution in [0.3, 0.4) is 0 Å². The van der Waals surface area contributed by atoms with Crippen molar-refractivity contribution in [2.24, 2.45) is 5.10 Å². The molecule has 5 aromatic rings. The predicted octanol–water partition coefficient (Wildman–Crippen LogP) is 3.73. The number of nitrogen functional groups attached to an aromatic ring is 1. The van der Waals surface area contributed by atoms with E-state index in [0.717, 1.165) is 11.3 Å². The van der Waals surface area contributed by atoms with Crippen LogP contribution in [-0.2, 0) is 14.6 Å². The Kier molecular flexibility index (Phi) is 5.34. The number of aromatic nitrogens is 3. The molecule has 11 heteroatoms. The number of carbonyl (C=O) groups excluding carboxylic acids is 1. The van der Waals surface area contributed by atoms with Crippen LogP contribution in [0.2, 0.25) is 0 Å². The van der Waals surface area contributed by atoms with Gasteiger partial charge in [-0.1, -0.05) is 30.3 Å². The number of thiophene rings is 1. The molecule has 0 bridgehead atoms. The maximum absolute atomic E-state index is 13.4. The van der Waals surface area contributed by atoms with Crippen molar-refractivity contribution in [3.63, 3.8) is 0 Å². The number of sulfone groups is 1. The summed E-state index contributed by atoms with van der Waals surface area (Å²) in [7, 11) is -2.65. The molecule has 3 heterocycles. The Hall–Kier alpha value is -4.09. The molecule has 0 spiro atoms. The molecule has 3 aromatic heterocycles. The molecule has 0 aliphatic heterocycles. The molecular formula is C23H17N5O4S2. The first-order valence-corrected chi connectivity index (χ1v) is 12.3. The molecule has 0 fully saturated rings. The minimum absolute atomic E-state index is 0.0962. The van der Waals surface area contributed by atoms with Crippen molar-refractivity contribution in [1.29, 1.82) is 0 Å². The number of methoxy groups -OCH3 is 1. The number of fused-ring (bicyclic) bond motifs is 2. The topological polar surface area (TPSA) is 130 Å². The number of carbonyl (C=O) groups is 1. The van der Waals surface area contributed by atoms with Crippen molar-refractivity contribution in [1.82, 2.24) is 14.6 Å². The summed E-state index contributed by atoms with van der Waals surface area (Å²) in [5.74, 6) is -0.546. The molecule has 0 aliphatic rings. The second-order valence-electron chi connectivity index (χ2n) is 7.20. The molecular weight excluding hydrogens is 474 g/mol. The van der Waals surface area contributed by atoms with E-state index in [1.807, 2.05) is 6.07 Å². The molecule has 2 aromatic carbocycles. The first-order valence-electron chi connectivity index (χ1n) is 9.98. The average molecular weight is 492 g/mol. The van der Waals surface area contributed by atoms with Gasteiger partial charge in [0.2, 0.25) is 9.84 Å². The third-order valence-electron chi connectivity index (χ3n) is 5.11. The number of rotatable bonds is 5. The Morgan fingerprint density at radius 3 is 2.41 bits per heavy atom. The van der Waals surface area contributed by atoms with Gasteiger partial charge in [-0.05, 0) is 41.3 Å². The zero-order chi connectivity index (χ0) is 23.9. The third kappa shape index (κ3) is 3.60. The normalized spacial score (nSPS) is 12.0. The van der Waals surface area contributed by atoms with Gasteiger partial charge in [-0.15, -0.1) is 11.3 Å². The van der Waals surface area contributed by atoms with E-state index in [4.69, 9.17) is 10.5 Å². The summed E-state index contributed by atoms with van der Waals surface area (Å²) in [6.07, 6.45) is 1.50. The van der Waals surface area contributed by atoms with Gasteiger partial charge in [0, 0.05) is 0 Å². The highest BCUT2D eigenvalue weighted by molar-refractivity contribution is 7.93. The fraction of sp³-hybridized carbons (Fsp3) is 0.0435. The Labute approximate surface area is 198 Å². The molecule has 34 heavy (non-hydrogen) atoms. The number of esters is 1. The molecule has 0 saturated heterocycles. The van der Waals surface area contributed by atoms with Gasteiger partial charge < -0.3 is 10.5 Å². The van der Waals surface area contributed by atoms with E-state index in [1.54, 1.807) is 53.9 Å². The number of para-hydroxylation sites is 2. The fourth-order valence-electron chi connectivity index (χ4n) is 3.47. The van der Waals surface area contributed by atoms with Crippen molar-refractivity contribution in [3.8, 4) is 0 Å². The third-order valence-corrected chi connectivity index (χ3v) is 8.33. The zero-order valence-electron chi connectivity index (χ0n) is 17.7. The van der Waals surface area contributed by atoms with Crippen LogP contribution >= 0.6 is 11.3 Å². The largest absolute Gasteiger partial charge is 0.465 e. The highest BCUT2D eigenvalue weighted by Gasteiger charge is 2.31. The molecule has 0 aliphatic carbocycles. The van der Waals surface area contributed by atoms with Crippen LogP contribution in [0, 0.1) is 0 Å². The number of hydrogen-bond donors (Lipinski definition) is 1. The van der Waals surface area contributed by atoms with Crippen LogP contribution in [0.5, 0.6) is 0 Å². The molecule has 0 radical (unpaired) electrons. The Morgan fingerprint density at radius 2 is 1.76 bits per heavy atom. The Bertz CT molecular complexity index is 1670. The molecule has 2 N–H and O–H groups in total. The van der Waals surface area contributed by atoms with E-state index in [1.165, 1.54) is 24.1 Å². The molecule has 0 amide bonds. The number of benzene rings is 2. The van der Waals surface area contributed by atoms with Gasteiger partial charge >= 0.3 is 5.97 Å². The SMILES string of the molecule is COC(=O)c1ccc(/C=N\n2c(N)c(S(=O)(=O)c3cccs3)c3nc4ccccc4nc32)cc1. The summed E-state index contributed by atoms with van der Waals surface area (Å²) in [5.41, 5.74) is 8.88. The van der Waals surface area contributed by atoms with Crippen molar-refractivity contribution in [2.75, 3.05) is 12.8 Å². The van der Waals surface area contributed by atoms with E-state index in [2.05, 4.69) is 15.1 Å². The Morgan fingerprint density at radius 1 is 1.06 bits per heavy atom. The minimum atomic E-state index is -3.96. The van der Waals surface area contributed by atoms with Gasteiger partial charge in [0.15, 0.2) is 5.65 Å². The highest BCUT2D eigenvalue weighted by Crippen LogP contribution is 2.36. The van der Waals surface area contributed by atoms with Gasteiger partial charge in [0.25, 0.3) is 0 Å². The van der Waals surface area contributed by atoms with Crippen molar-refractivity contribution in [2.45, 2.75) is 9.10 Å². The maximum Gasteiger partial charge on any atom is 0.337 e. The monoisotopic (exact) mass is 491 g/mol. The summed E-state index contributed by atoms with van der Waals surface area (Å²) < 4.78 is 33.0. The van der Waals surface area contributed by atoms with Gasteiger partial charge in [-0.2, -0.15) is 9.78 Å². The number of anilines is 1. The van der Waals surface area contributed by atoms with Crippen LogP contribution in [-0.4, -0.2) is 42.4 Å². The van der Waals surface area contributed by atoms with Crippen LogP contribution in [0.25, 0.3) is 22.2 Å². The summed E-state index contributed by atoms with van der Waals surface area (Å²) in [5, 5.41) is 6.09. The van der Waals surface area contributed by atoms with Crippen LogP contribution < -0.4 is 5.73 Å². The molecule has 9 nitrogen and oxygen atoms in total. The number of hydrogen-bond acceptors (Lipinski definition) is 9. The van der Waals surface area contributed by atoms with Crippen molar-refractivity contribution in [3.05, 3.63) is 77.2 Å². The molecule has 170 valence electrons. The van der Waals surface area contributed by atoms with Crippen LogP contribution in [0.15, 0.2) is 80.2 Å². The second kappa shape index (κ2) is 8.36. The zero-order valence-corrected chi connectivity index (χ0v) is 19.4. The minimum Gasteiger partial charge on any atom is -0.465 e. The number of nitrogens with zero attached hydrogens (tertiary/aromatic N) is 4. The van der Waals surface area contributed by atoms with E-state index < -0.39 is 15.8 Å². The predicted molar refractivity (Wildman–Crippen MR) is 130 cm³/mol. The van der Waals surface area contributed by atoms with Crippen LogP contribution in [0.1, 0.15) is 15.9 Å². The first-order chi connectivity index (χ1) is 16.4. The molecule has 0 saturated carbocycles. The lowest BCUT2D eigenvalue weighted by Gasteiger charge is -2.02. The fourth-order valence-corrected chi connectivity index (χ4v) is 6.05. The van der Waals surface area contributed by atoms with E-state index in [-0.39, 0.29) is 26.1 Å². The van der Waals surface area contributed by atoms with E-state index >= 15 is 0 Å². The molecule has 0 atom stereocenters. The smallest absolute Gasteiger partial charge is 0.337 e. The number of ether oxygens (including phenoxy) is 1. The van der Waals surface area contributed by atoms with Gasteiger partial charge in [-0.25, -0.2) is 23.2 Å². The van der Waals surface area contributed by atoms with Gasteiger partial charge in [0.05, 0.1) is 29.9 Å². The lowest BCUT2D eigenvalue weighted by atomic mass is 10.1. The second-order valence-corrected chi connectivity index (χ2v) is 10.3. The Balaban J connectivity index is 1.70. The van der Waals surface area contributed by atoms with E-state index in [9.17, 15) is 13.2 Å². The molecule has 0 unspecified atom stereocenters. The lowest BCUT2D eigenvalue weighted by Crippen LogP contribution is -2.05.